The summed E-state index contributed by atoms with van der Waals surface area (Å²) >= 11 is 0. The first kappa shape index (κ1) is 17.5. The summed E-state index contributed by atoms with van der Waals surface area (Å²) < 4.78 is 29.8. The molecule has 0 aromatic rings. The van der Waals surface area contributed by atoms with Crippen LogP contribution in [-0.4, -0.2) is 75.3 Å². The fourth-order valence-corrected chi connectivity index (χ4v) is 3.87. The molecule has 2 amide bonds. The van der Waals surface area contributed by atoms with Crippen LogP contribution >= 0.6 is 0 Å². The second kappa shape index (κ2) is 7.61. The molecule has 2 aliphatic rings. The molecule has 1 atom stereocenters. The zero-order chi connectivity index (χ0) is 16.2. The SMILES string of the molecule is CCN(C[C@@H]1CCOC1)C(=O)NC1CCN(S(C)(=O)=O)CC1. The van der Waals surface area contributed by atoms with Gasteiger partial charge in [0.05, 0.1) is 12.9 Å². The van der Waals surface area contributed by atoms with E-state index in [4.69, 9.17) is 4.74 Å². The number of nitrogens with one attached hydrogen (secondary N) is 1. The van der Waals surface area contributed by atoms with Crippen LogP contribution in [0.1, 0.15) is 26.2 Å². The van der Waals surface area contributed by atoms with Gasteiger partial charge in [-0.15, -0.1) is 0 Å². The Labute approximate surface area is 133 Å². The van der Waals surface area contributed by atoms with Gasteiger partial charge in [0, 0.05) is 44.7 Å². The van der Waals surface area contributed by atoms with Crippen LogP contribution in [0.25, 0.3) is 0 Å². The van der Waals surface area contributed by atoms with E-state index in [0.717, 1.165) is 26.2 Å². The van der Waals surface area contributed by atoms with Crippen molar-refractivity contribution in [1.29, 1.82) is 0 Å². The number of piperidine rings is 1. The molecule has 2 rings (SSSR count). The van der Waals surface area contributed by atoms with E-state index in [1.807, 2.05) is 11.8 Å². The number of sulfonamides is 1. The molecule has 2 heterocycles. The van der Waals surface area contributed by atoms with Gasteiger partial charge in [-0.05, 0) is 26.2 Å². The lowest BCUT2D eigenvalue weighted by atomic mass is 10.1. The van der Waals surface area contributed by atoms with Crippen LogP contribution in [0.2, 0.25) is 0 Å². The number of carbonyl (C=O) groups excluding carboxylic acids is 1. The summed E-state index contributed by atoms with van der Waals surface area (Å²) in [5.41, 5.74) is 0. The van der Waals surface area contributed by atoms with Crippen LogP contribution in [0.4, 0.5) is 4.79 Å². The van der Waals surface area contributed by atoms with Crippen LogP contribution in [0, 0.1) is 5.92 Å². The van der Waals surface area contributed by atoms with Crippen molar-refractivity contribution in [3.8, 4) is 0 Å². The number of ether oxygens (including phenoxy) is 1. The van der Waals surface area contributed by atoms with E-state index < -0.39 is 10.0 Å². The van der Waals surface area contributed by atoms with E-state index in [1.54, 1.807) is 0 Å². The fourth-order valence-electron chi connectivity index (χ4n) is 2.99. The van der Waals surface area contributed by atoms with Gasteiger partial charge in [0.25, 0.3) is 0 Å². The van der Waals surface area contributed by atoms with Gasteiger partial charge in [-0.25, -0.2) is 17.5 Å². The average molecular weight is 333 g/mol. The third-order valence-electron chi connectivity index (χ3n) is 4.42. The second-order valence-electron chi connectivity index (χ2n) is 6.15. The topological polar surface area (TPSA) is 79.0 Å². The number of hydrogen-bond donors (Lipinski definition) is 1. The molecule has 0 unspecified atom stereocenters. The molecule has 0 saturated carbocycles. The first-order chi connectivity index (χ1) is 10.4. The molecule has 7 nitrogen and oxygen atoms in total. The Hall–Kier alpha value is -0.860. The number of carbonyl (C=O) groups is 1. The van der Waals surface area contributed by atoms with Crippen LogP contribution in [0.15, 0.2) is 0 Å². The summed E-state index contributed by atoms with van der Waals surface area (Å²) in [5.74, 6) is 0.429. The molecule has 2 fully saturated rings. The van der Waals surface area contributed by atoms with E-state index in [-0.39, 0.29) is 12.1 Å². The molecule has 0 aliphatic carbocycles. The minimum atomic E-state index is -3.12. The fraction of sp³-hybridized carbons (Fsp3) is 0.929. The van der Waals surface area contributed by atoms with Crippen molar-refractivity contribution in [2.45, 2.75) is 32.2 Å². The van der Waals surface area contributed by atoms with Crippen molar-refractivity contribution < 1.29 is 17.9 Å². The van der Waals surface area contributed by atoms with E-state index in [0.29, 0.717) is 38.4 Å². The van der Waals surface area contributed by atoms with Crippen LogP contribution in [-0.2, 0) is 14.8 Å². The Morgan fingerprint density at radius 3 is 2.50 bits per heavy atom. The maximum absolute atomic E-state index is 12.4. The summed E-state index contributed by atoms with van der Waals surface area (Å²) in [5, 5.41) is 3.04. The lowest BCUT2D eigenvalue weighted by molar-refractivity contribution is 0.162. The minimum absolute atomic E-state index is 0.0489. The summed E-state index contributed by atoms with van der Waals surface area (Å²) in [4.78, 5) is 14.2. The molecule has 2 saturated heterocycles. The van der Waals surface area contributed by atoms with Crippen LogP contribution < -0.4 is 5.32 Å². The number of rotatable bonds is 5. The van der Waals surface area contributed by atoms with Crippen molar-refractivity contribution in [2.24, 2.45) is 5.92 Å². The summed E-state index contributed by atoms with van der Waals surface area (Å²) in [6, 6.07) is 0.00610. The zero-order valence-corrected chi connectivity index (χ0v) is 14.3. The molecule has 0 aromatic carbocycles. The lowest BCUT2D eigenvalue weighted by Crippen LogP contribution is -2.50. The molecular formula is C14H27N3O4S. The van der Waals surface area contributed by atoms with Crippen molar-refractivity contribution in [3.63, 3.8) is 0 Å². The molecule has 1 N–H and O–H groups in total. The molecule has 0 aromatic heterocycles. The minimum Gasteiger partial charge on any atom is -0.381 e. The Morgan fingerprint density at radius 1 is 1.32 bits per heavy atom. The van der Waals surface area contributed by atoms with Crippen LogP contribution in [0.3, 0.4) is 0 Å². The maximum Gasteiger partial charge on any atom is 0.317 e. The van der Waals surface area contributed by atoms with Gasteiger partial charge in [-0.1, -0.05) is 0 Å². The highest BCUT2D eigenvalue weighted by atomic mass is 32.2. The Kier molecular flexibility index (Phi) is 6.05. The van der Waals surface area contributed by atoms with Gasteiger partial charge in [0.2, 0.25) is 10.0 Å². The smallest absolute Gasteiger partial charge is 0.317 e. The van der Waals surface area contributed by atoms with E-state index in [1.165, 1.54) is 10.6 Å². The van der Waals surface area contributed by atoms with E-state index in [9.17, 15) is 13.2 Å². The second-order valence-corrected chi connectivity index (χ2v) is 8.14. The quantitative estimate of drug-likeness (QED) is 0.794. The molecule has 0 spiro atoms. The molecule has 0 bridgehead atoms. The first-order valence-corrected chi connectivity index (χ1v) is 9.83. The Morgan fingerprint density at radius 2 is 2.00 bits per heavy atom. The first-order valence-electron chi connectivity index (χ1n) is 7.98. The highest BCUT2D eigenvalue weighted by Crippen LogP contribution is 2.16. The molecule has 22 heavy (non-hydrogen) atoms. The summed E-state index contributed by atoms with van der Waals surface area (Å²) in [6.45, 7) is 5.85. The molecule has 0 radical (unpaired) electrons. The molecule has 128 valence electrons. The van der Waals surface area contributed by atoms with Gasteiger partial charge < -0.3 is 15.0 Å². The molecule has 8 heteroatoms. The third-order valence-corrected chi connectivity index (χ3v) is 5.73. The van der Waals surface area contributed by atoms with E-state index in [2.05, 4.69) is 5.32 Å². The molecular weight excluding hydrogens is 306 g/mol. The summed E-state index contributed by atoms with van der Waals surface area (Å²) in [6.07, 6.45) is 3.58. The molecule has 2 aliphatic heterocycles. The standard InChI is InChI=1S/C14H27N3O4S/c1-3-16(10-12-6-9-21-11-12)14(18)15-13-4-7-17(8-5-13)22(2,19)20/h12-13H,3-11H2,1-2H3,(H,15,18)/t12-/m0/s1. The van der Waals surface area contributed by atoms with Gasteiger partial charge >= 0.3 is 6.03 Å². The predicted octanol–water partition coefficient (Wildman–Crippen LogP) is 0.478. The highest BCUT2D eigenvalue weighted by Gasteiger charge is 2.27. The van der Waals surface area contributed by atoms with Gasteiger partial charge in [0.1, 0.15) is 0 Å². The third kappa shape index (κ3) is 4.82. The number of nitrogens with zero attached hydrogens (tertiary/aromatic N) is 2. The normalized spacial score (nSPS) is 24.4. The van der Waals surface area contributed by atoms with Gasteiger partial charge in [-0.2, -0.15) is 0 Å². The Bertz CT molecular complexity index is 468. The van der Waals surface area contributed by atoms with Gasteiger partial charge in [0.15, 0.2) is 0 Å². The van der Waals surface area contributed by atoms with Crippen molar-refractivity contribution in [1.82, 2.24) is 14.5 Å². The van der Waals surface area contributed by atoms with E-state index >= 15 is 0 Å². The highest BCUT2D eigenvalue weighted by molar-refractivity contribution is 7.88. The zero-order valence-electron chi connectivity index (χ0n) is 13.5. The summed E-state index contributed by atoms with van der Waals surface area (Å²) in [7, 11) is -3.12. The number of urea groups is 1. The average Bonchev–Trinajstić information content (AvgIpc) is 2.97. The lowest BCUT2D eigenvalue weighted by Gasteiger charge is -2.32. The van der Waals surface area contributed by atoms with Crippen LogP contribution in [0.5, 0.6) is 0 Å². The van der Waals surface area contributed by atoms with Crippen molar-refractivity contribution >= 4 is 16.1 Å². The van der Waals surface area contributed by atoms with Gasteiger partial charge in [-0.3, -0.25) is 0 Å². The monoisotopic (exact) mass is 333 g/mol. The maximum atomic E-state index is 12.4. The Balaban J connectivity index is 1.78. The van der Waals surface area contributed by atoms with Crippen molar-refractivity contribution in [2.75, 3.05) is 45.6 Å². The predicted molar refractivity (Wildman–Crippen MR) is 84.1 cm³/mol. The van der Waals surface area contributed by atoms with Crippen molar-refractivity contribution in [3.05, 3.63) is 0 Å². The number of hydrogen-bond acceptors (Lipinski definition) is 4. The number of amides is 2. The largest absolute Gasteiger partial charge is 0.381 e.